The van der Waals surface area contributed by atoms with E-state index in [0.29, 0.717) is 5.92 Å². The molecule has 0 saturated heterocycles. The first-order valence-corrected chi connectivity index (χ1v) is 8.15. The number of hydrogen-bond acceptors (Lipinski definition) is 3. The van der Waals surface area contributed by atoms with Gasteiger partial charge in [-0.15, -0.1) is 0 Å². The smallest absolute Gasteiger partial charge is 0.340 e. The molecule has 0 heterocycles. The van der Waals surface area contributed by atoms with E-state index in [1.807, 2.05) is 0 Å². The molecule has 0 spiro atoms. The van der Waals surface area contributed by atoms with Gasteiger partial charge in [-0.1, -0.05) is 49.0 Å². The third kappa shape index (κ3) is 4.37. The van der Waals surface area contributed by atoms with Gasteiger partial charge in [-0.25, -0.2) is 4.79 Å². The van der Waals surface area contributed by atoms with Gasteiger partial charge < -0.3 is 10.1 Å². The van der Waals surface area contributed by atoms with Crippen LogP contribution in [0.5, 0.6) is 0 Å². The second kappa shape index (κ2) is 7.84. The summed E-state index contributed by atoms with van der Waals surface area (Å²) in [5.74, 6) is -0.486. The quantitative estimate of drug-likeness (QED) is 0.845. The van der Waals surface area contributed by atoms with Gasteiger partial charge in [0.15, 0.2) is 6.61 Å². The van der Waals surface area contributed by atoms with E-state index in [0.717, 1.165) is 19.3 Å². The van der Waals surface area contributed by atoms with Gasteiger partial charge in [0.2, 0.25) is 0 Å². The van der Waals surface area contributed by atoms with Crippen LogP contribution in [0.2, 0.25) is 10.0 Å². The fraction of sp³-hybridized carbons (Fsp3) is 0.500. The molecule has 1 fully saturated rings. The van der Waals surface area contributed by atoms with Crippen LogP contribution >= 0.6 is 23.2 Å². The van der Waals surface area contributed by atoms with Crippen LogP contribution in [0, 0.1) is 5.92 Å². The van der Waals surface area contributed by atoms with Crippen LogP contribution in [0.1, 0.15) is 43.0 Å². The fourth-order valence-electron chi connectivity index (χ4n) is 2.65. The maximum absolute atomic E-state index is 11.9. The van der Waals surface area contributed by atoms with Crippen LogP contribution in [0.15, 0.2) is 18.2 Å². The lowest BCUT2D eigenvalue weighted by atomic mass is 9.86. The molecule has 6 heteroatoms. The van der Waals surface area contributed by atoms with Gasteiger partial charge in [0.1, 0.15) is 0 Å². The Morgan fingerprint density at radius 3 is 2.73 bits per heavy atom. The Hall–Kier alpha value is -1.26. The highest BCUT2D eigenvalue weighted by Gasteiger charge is 2.23. The summed E-state index contributed by atoms with van der Waals surface area (Å²) in [4.78, 5) is 23.8. The number of nitrogens with one attached hydrogen (secondary N) is 1. The Bertz CT molecular complexity index is 562. The van der Waals surface area contributed by atoms with Crippen molar-refractivity contribution in [3.05, 3.63) is 33.8 Å². The van der Waals surface area contributed by atoms with Crippen LogP contribution < -0.4 is 5.32 Å². The molecule has 0 bridgehead atoms. The van der Waals surface area contributed by atoms with Crippen molar-refractivity contribution in [3.8, 4) is 0 Å². The van der Waals surface area contributed by atoms with Crippen molar-refractivity contribution >= 4 is 35.1 Å². The molecule has 1 amide bonds. The SMILES string of the molecule is C[C@H]1CCCC[C@@H]1NC(=O)COC(=O)c1cccc(Cl)c1Cl. The lowest BCUT2D eigenvalue weighted by Crippen LogP contribution is -2.42. The van der Waals surface area contributed by atoms with Gasteiger partial charge in [0, 0.05) is 6.04 Å². The van der Waals surface area contributed by atoms with E-state index in [4.69, 9.17) is 27.9 Å². The third-order valence-corrected chi connectivity index (χ3v) is 4.78. The molecule has 0 aliphatic heterocycles. The highest BCUT2D eigenvalue weighted by atomic mass is 35.5. The number of carbonyl (C=O) groups excluding carboxylic acids is 2. The van der Waals surface area contributed by atoms with Gasteiger partial charge >= 0.3 is 5.97 Å². The number of amides is 1. The number of esters is 1. The summed E-state index contributed by atoms with van der Waals surface area (Å²) in [6.45, 7) is 1.81. The highest BCUT2D eigenvalue weighted by Crippen LogP contribution is 2.26. The van der Waals surface area contributed by atoms with Gasteiger partial charge in [-0.3, -0.25) is 4.79 Å². The molecule has 1 aliphatic carbocycles. The van der Waals surface area contributed by atoms with Crippen molar-refractivity contribution < 1.29 is 14.3 Å². The number of benzene rings is 1. The Morgan fingerprint density at radius 1 is 1.27 bits per heavy atom. The molecule has 0 aromatic heterocycles. The number of ether oxygens (including phenoxy) is 1. The summed E-state index contributed by atoms with van der Waals surface area (Å²) in [5, 5.41) is 3.34. The molecule has 4 nitrogen and oxygen atoms in total. The van der Waals surface area contributed by atoms with Gasteiger partial charge in [0.05, 0.1) is 15.6 Å². The number of rotatable bonds is 4. The van der Waals surface area contributed by atoms with E-state index in [1.54, 1.807) is 12.1 Å². The lowest BCUT2D eigenvalue weighted by molar-refractivity contribution is -0.125. The monoisotopic (exact) mass is 343 g/mol. The first kappa shape index (κ1) is 17.1. The minimum Gasteiger partial charge on any atom is -0.452 e. The topological polar surface area (TPSA) is 55.4 Å². The summed E-state index contributed by atoms with van der Waals surface area (Å²) < 4.78 is 5.01. The lowest BCUT2D eigenvalue weighted by Gasteiger charge is -2.29. The van der Waals surface area contributed by atoms with Crippen LogP contribution in [0.4, 0.5) is 0 Å². The zero-order valence-electron chi connectivity index (χ0n) is 12.4. The maximum atomic E-state index is 11.9. The number of carbonyl (C=O) groups is 2. The van der Waals surface area contributed by atoms with Crippen molar-refractivity contribution in [3.63, 3.8) is 0 Å². The Kier molecular flexibility index (Phi) is 6.09. The molecule has 1 N–H and O–H groups in total. The van der Waals surface area contributed by atoms with Crippen molar-refractivity contribution in [2.45, 2.75) is 38.6 Å². The largest absolute Gasteiger partial charge is 0.452 e. The maximum Gasteiger partial charge on any atom is 0.340 e. The molecule has 120 valence electrons. The molecular formula is C16H19Cl2NO3. The van der Waals surface area contributed by atoms with E-state index in [9.17, 15) is 9.59 Å². The van der Waals surface area contributed by atoms with Crippen LogP contribution in [-0.2, 0) is 9.53 Å². The van der Waals surface area contributed by atoms with Gasteiger partial charge in [-0.05, 0) is 30.9 Å². The van der Waals surface area contributed by atoms with Crippen molar-refractivity contribution in [1.82, 2.24) is 5.32 Å². The van der Waals surface area contributed by atoms with Crippen LogP contribution in [-0.4, -0.2) is 24.5 Å². The van der Waals surface area contributed by atoms with Gasteiger partial charge in [0.25, 0.3) is 5.91 Å². The molecule has 1 aromatic rings. The summed E-state index contributed by atoms with van der Waals surface area (Å²) in [6.07, 6.45) is 4.41. The minimum atomic E-state index is -0.653. The standard InChI is InChI=1S/C16H19Cl2NO3/c1-10-5-2-3-8-13(10)19-14(20)9-22-16(21)11-6-4-7-12(17)15(11)18/h4,6-7,10,13H,2-3,5,8-9H2,1H3,(H,19,20)/t10-,13-/m0/s1. The normalized spacial score (nSPS) is 21.2. The van der Waals surface area contributed by atoms with E-state index < -0.39 is 5.97 Å². The van der Waals surface area contributed by atoms with Crippen molar-refractivity contribution in [1.29, 1.82) is 0 Å². The Labute approximate surface area is 140 Å². The summed E-state index contributed by atoms with van der Waals surface area (Å²) >= 11 is 11.8. The molecule has 0 unspecified atom stereocenters. The van der Waals surface area contributed by atoms with Crippen LogP contribution in [0.3, 0.4) is 0 Å². The van der Waals surface area contributed by atoms with E-state index in [1.165, 1.54) is 12.5 Å². The first-order chi connectivity index (χ1) is 10.5. The second-order valence-corrected chi connectivity index (χ2v) is 6.40. The van der Waals surface area contributed by atoms with Gasteiger partial charge in [-0.2, -0.15) is 0 Å². The third-order valence-electron chi connectivity index (χ3n) is 3.96. The van der Waals surface area contributed by atoms with Crippen molar-refractivity contribution in [2.24, 2.45) is 5.92 Å². The second-order valence-electron chi connectivity index (χ2n) is 5.61. The van der Waals surface area contributed by atoms with Crippen LogP contribution in [0.25, 0.3) is 0 Å². The predicted octanol–water partition coefficient (Wildman–Crippen LogP) is 3.85. The zero-order chi connectivity index (χ0) is 16.1. The predicted molar refractivity (Wildman–Crippen MR) is 86.3 cm³/mol. The molecule has 22 heavy (non-hydrogen) atoms. The fourth-order valence-corrected chi connectivity index (χ4v) is 3.03. The summed E-state index contributed by atoms with van der Waals surface area (Å²) in [7, 11) is 0. The average molecular weight is 344 g/mol. The Morgan fingerprint density at radius 2 is 2.00 bits per heavy atom. The highest BCUT2D eigenvalue weighted by molar-refractivity contribution is 6.43. The molecule has 1 aromatic carbocycles. The molecule has 1 saturated carbocycles. The Balaban J connectivity index is 1.85. The number of hydrogen-bond donors (Lipinski definition) is 1. The molecule has 2 rings (SSSR count). The number of halogens is 2. The first-order valence-electron chi connectivity index (χ1n) is 7.39. The molecular weight excluding hydrogens is 325 g/mol. The summed E-state index contributed by atoms with van der Waals surface area (Å²) in [6, 6.07) is 4.86. The van der Waals surface area contributed by atoms with E-state index in [-0.39, 0.29) is 34.2 Å². The van der Waals surface area contributed by atoms with E-state index >= 15 is 0 Å². The molecule has 2 atom stereocenters. The van der Waals surface area contributed by atoms with E-state index in [2.05, 4.69) is 12.2 Å². The van der Waals surface area contributed by atoms with Crippen molar-refractivity contribution in [2.75, 3.05) is 6.61 Å². The summed E-state index contributed by atoms with van der Waals surface area (Å²) in [5.41, 5.74) is 0.160. The molecule has 0 radical (unpaired) electrons. The molecule has 1 aliphatic rings. The minimum absolute atomic E-state index is 0.135. The zero-order valence-corrected chi connectivity index (χ0v) is 13.9. The average Bonchev–Trinajstić information content (AvgIpc) is 2.50.